The molecular formula is C14H16N4OS. The molecule has 0 spiro atoms. The van der Waals surface area contributed by atoms with Crippen LogP contribution in [0.25, 0.3) is 0 Å². The monoisotopic (exact) mass is 288 g/mol. The van der Waals surface area contributed by atoms with Crippen molar-refractivity contribution >= 4 is 28.8 Å². The smallest absolute Gasteiger partial charge is 0.226 e. The summed E-state index contributed by atoms with van der Waals surface area (Å²) in [6.45, 7) is 2.53. The number of carbonyl (C=O) groups is 1. The number of thiocarbonyl (C=S) groups is 1. The molecule has 0 radical (unpaired) electrons. The molecule has 1 amide bonds. The Hall–Kier alpha value is -2.21. The van der Waals surface area contributed by atoms with Crippen LogP contribution in [0.5, 0.6) is 0 Å². The maximum Gasteiger partial charge on any atom is 0.226 e. The summed E-state index contributed by atoms with van der Waals surface area (Å²) in [6, 6.07) is 7.14. The van der Waals surface area contributed by atoms with E-state index in [1.807, 2.05) is 13.1 Å². The van der Waals surface area contributed by atoms with Gasteiger partial charge in [0.25, 0.3) is 0 Å². The van der Waals surface area contributed by atoms with Crippen molar-refractivity contribution in [3.8, 4) is 0 Å². The fourth-order valence-electron chi connectivity index (χ4n) is 1.75. The van der Waals surface area contributed by atoms with Crippen LogP contribution in [0.15, 0.2) is 36.7 Å². The van der Waals surface area contributed by atoms with Gasteiger partial charge in [-0.3, -0.25) is 9.48 Å². The van der Waals surface area contributed by atoms with Crippen molar-refractivity contribution in [1.82, 2.24) is 9.78 Å². The third kappa shape index (κ3) is 3.89. The van der Waals surface area contributed by atoms with E-state index in [1.165, 1.54) is 0 Å². The molecule has 1 aromatic heterocycles. The lowest BCUT2D eigenvalue weighted by atomic mass is 10.2. The lowest BCUT2D eigenvalue weighted by molar-refractivity contribution is -0.116. The highest BCUT2D eigenvalue weighted by Gasteiger charge is 2.04. The Morgan fingerprint density at radius 2 is 2.10 bits per heavy atom. The second kappa shape index (κ2) is 6.29. The maximum absolute atomic E-state index is 11.8. The van der Waals surface area contributed by atoms with Crippen molar-refractivity contribution in [2.24, 2.45) is 5.73 Å². The fourth-order valence-corrected chi connectivity index (χ4v) is 1.88. The summed E-state index contributed by atoms with van der Waals surface area (Å²) in [5, 5.41) is 6.96. The van der Waals surface area contributed by atoms with Crippen molar-refractivity contribution in [3.63, 3.8) is 0 Å². The van der Waals surface area contributed by atoms with E-state index in [0.717, 1.165) is 16.8 Å². The number of hydrogen-bond donors (Lipinski definition) is 2. The van der Waals surface area contributed by atoms with E-state index in [9.17, 15) is 4.79 Å². The quantitative estimate of drug-likeness (QED) is 0.824. The highest BCUT2D eigenvalue weighted by Crippen LogP contribution is 2.10. The molecule has 2 aromatic rings. The third-order valence-electron chi connectivity index (χ3n) is 2.78. The van der Waals surface area contributed by atoms with Crippen molar-refractivity contribution in [1.29, 1.82) is 0 Å². The zero-order chi connectivity index (χ0) is 14.5. The van der Waals surface area contributed by atoms with Crippen LogP contribution < -0.4 is 11.1 Å². The predicted octanol–water partition coefficient (Wildman–Crippen LogP) is 1.85. The molecule has 0 saturated carbocycles. The van der Waals surface area contributed by atoms with E-state index in [4.69, 9.17) is 18.0 Å². The molecule has 0 aliphatic heterocycles. The molecule has 0 atom stereocenters. The van der Waals surface area contributed by atoms with Gasteiger partial charge in [-0.05, 0) is 36.8 Å². The molecule has 0 aliphatic carbocycles. The lowest BCUT2D eigenvalue weighted by Crippen LogP contribution is -2.15. The lowest BCUT2D eigenvalue weighted by Gasteiger charge is -2.06. The van der Waals surface area contributed by atoms with Gasteiger partial charge in [-0.1, -0.05) is 12.2 Å². The Balaban J connectivity index is 1.86. The van der Waals surface area contributed by atoms with Crippen LogP contribution in [-0.4, -0.2) is 20.7 Å². The predicted molar refractivity (Wildman–Crippen MR) is 82.5 cm³/mol. The molecule has 0 aliphatic rings. The van der Waals surface area contributed by atoms with Gasteiger partial charge in [0.2, 0.25) is 5.91 Å². The number of aryl methyl sites for hydroxylation is 2. The van der Waals surface area contributed by atoms with Gasteiger partial charge < -0.3 is 11.1 Å². The van der Waals surface area contributed by atoms with Crippen LogP contribution >= 0.6 is 12.2 Å². The molecule has 0 unspecified atom stereocenters. The van der Waals surface area contributed by atoms with Crippen molar-refractivity contribution in [2.75, 3.05) is 5.32 Å². The Kier molecular flexibility index (Phi) is 4.47. The number of carbonyl (C=O) groups excluding carboxylic acids is 1. The van der Waals surface area contributed by atoms with E-state index in [0.29, 0.717) is 18.0 Å². The molecule has 6 heteroatoms. The van der Waals surface area contributed by atoms with E-state index in [1.54, 1.807) is 35.1 Å². The summed E-state index contributed by atoms with van der Waals surface area (Å²) >= 11 is 4.87. The number of nitrogens with zero attached hydrogens (tertiary/aromatic N) is 2. The molecule has 3 N–H and O–H groups in total. The van der Waals surface area contributed by atoms with Crippen LogP contribution in [-0.2, 0) is 11.3 Å². The molecule has 0 saturated heterocycles. The number of benzene rings is 1. The van der Waals surface area contributed by atoms with Crippen LogP contribution in [0.3, 0.4) is 0 Å². The van der Waals surface area contributed by atoms with Gasteiger partial charge in [-0.15, -0.1) is 0 Å². The van der Waals surface area contributed by atoms with Crippen LogP contribution in [0.4, 0.5) is 5.69 Å². The maximum atomic E-state index is 11.8. The topological polar surface area (TPSA) is 72.9 Å². The number of amides is 1. The highest BCUT2D eigenvalue weighted by atomic mass is 32.1. The van der Waals surface area contributed by atoms with E-state index in [2.05, 4.69) is 10.4 Å². The van der Waals surface area contributed by atoms with Gasteiger partial charge in [-0.25, -0.2) is 0 Å². The van der Waals surface area contributed by atoms with E-state index in [-0.39, 0.29) is 5.91 Å². The van der Waals surface area contributed by atoms with Gasteiger partial charge in [0.15, 0.2) is 0 Å². The second-order valence-corrected chi connectivity index (χ2v) is 4.96. The number of nitrogens with two attached hydrogens (primary N) is 1. The molecule has 0 bridgehead atoms. The van der Waals surface area contributed by atoms with Crippen LogP contribution in [0.1, 0.15) is 17.5 Å². The molecule has 104 valence electrons. The van der Waals surface area contributed by atoms with Crippen LogP contribution in [0.2, 0.25) is 0 Å². The zero-order valence-corrected chi connectivity index (χ0v) is 12.0. The van der Waals surface area contributed by atoms with Crippen molar-refractivity contribution < 1.29 is 4.79 Å². The molecule has 0 fully saturated rings. The summed E-state index contributed by atoms with van der Waals surface area (Å²) in [4.78, 5) is 12.2. The Morgan fingerprint density at radius 3 is 2.65 bits per heavy atom. The average Bonchev–Trinajstić information content (AvgIpc) is 2.83. The minimum atomic E-state index is -0.0544. The minimum absolute atomic E-state index is 0.0544. The third-order valence-corrected chi connectivity index (χ3v) is 3.02. The average molecular weight is 288 g/mol. The number of hydrogen-bond acceptors (Lipinski definition) is 3. The Bertz CT molecular complexity index is 618. The van der Waals surface area contributed by atoms with Gasteiger partial charge in [0, 0.05) is 30.4 Å². The summed E-state index contributed by atoms with van der Waals surface area (Å²) < 4.78 is 1.75. The second-order valence-electron chi connectivity index (χ2n) is 4.52. The van der Waals surface area contributed by atoms with Gasteiger partial charge in [0.1, 0.15) is 4.99 Å². The van der Waals surface area contributed by atoms with E-state index >= 15 is 0 Å². The number of rotatable bonds is 5. The molecule has 1 aromatic carbocycles. The van der Waals surface area contributed by atoms with Crippen molar-refractivity contribution in [3.05, 3.63) is 47.8 Å². The fraction of sp³-hybridized carbons (Fsp3) is 0.214. The summed E-state index contributed by atoms with van der Waals surface area (Å²) in [5.74, 6) is -0.0544. The standard InChI is InChI=1S/C14H16N4OS/c1-10-8-16-18(9-10)7-6-13(19)17-12-4-2-11(3-5-12)14(15)20/h2-5,8-9H,6-7H2,1H3,(H2,15,20)(H,17,19). The summed E-state index contributed by atoms with van der Waals surface area (Å²) in [7, 11) is 0. The van der Waals surface area contributed by atoms with Crippen LogP contribution in [0, 0.1) is 6.92 Å². The summed E-state index contributed by atoms with van der Waals surface area (Å²) in [5.41, 5.74) is 8.11. The first-order chi connectivity index (χ1) is 9.54. The normalized spacial score (nSPS) is 10.2. The molecule has 5 nitrogen and oxygen atoms in total. The van der Waals surface area contributed by atoms with Gasteiger partial charge >= 0.3 is 0 Å². The molecule has 2 rings (SSSR count). The zero-order valence-electron chi connectivity index (χ0n) is 11.2. The Morgan fingerprint density at radius 1 is 1.40 bits per heavy atom. The SMILES string of the molecule is Cc1cnn(CCC(=O)Nc2ccc(C(N)=S)cc2)c1. The van der Waals surface area contributed by atoms with Crippen molar-refractivity contribution in [2.45, 2.75) is 19.9 Å². The highest BCUT2D eigenvalue weighted by molar-refractivity contribution is 7.80. The molecular weight excluding hydrogens is 272 g/mol. The first kappa shape index (κ1) is 14.2. The Labute approximate surface area is 122 Å². The van der Waals surface area contributed by atoms with E-state index < -0.39 is 0 Å². The molecule has 20 heavy (non-hydrogen) atoms. The largest absolute Gasteiger partial charge is 0.389 e. The number of aromatic nitrogens is 2. The number of anilines is 1. The summed E-state index contributed by atoms with van der Waals surface area (Å²) in [6.07, 6.45) is 4.05. The number of nitrogens with one attached hydrogen (secondary N) is 1. The first-order valence-electron chi connectivity index (χ1n) is 6.23. The molecule has 1 heterocycles. The van der Waals surface area contributed by atoms with Gasteiger partial charge in [-0.2, -0.15) is 5.10 Å². The first-order valence-corrected chi connectivity index (χ1v) is 6.64. The minimum Gasteiger partial charge on any atom is -0.389 e. The van der Waals surface area contributed by atoms with Gasteiger partial charge in [0.05, 0.1) is 6.20 Å².